The Morgan fingerprint density at radius 1 is 1.27 bits per heavy atom. The maximum atomic E-state index is 12.8. The molecule has 0 radical (unpaired) electrons. The second kappa shape index (κ2) is 8.50. The van der Waals surface area contributed by atoms with Gasteiger partial charge in [-0.3, -0.25) is 9.59 Å². The van der Waals surface area contributed by atoms with Gasteiger partial charge in [-0.05, 0) is 37.1 Å². The monoisotopic (exact) mass is 383 g/mol. The van der Waals surface area contributed by atoms with E-state index in [9.17, 15) is 18.0 Å². The number of likely N-dealkylation sites (N-methyl/N-ethyl adjacent to an activating group) is 1. The number of sulfonamides is 1. The molecule has 0 bridgehead atoms. The molecule has 144 valence electrons. The molecule has 1 atom stereocenters. The van der Waals surface area contributed by atoms with Crippen LogP contribution in [0, 0.1) is 5.92 Å². The van der Waals surface area contributed by atoms with Crippen molar-refractivity contribution in [3.63, 3.8) is 0 Å². The van der Waals surface area contributed by atoms with Crippen LogP contribution in [0.2, 0.25) is 0 Å². The lowest BCUT2D eigenvalue weighted by molar-refractivity contribution is -0.132. The molecular formula is C17H25N3O5S. The van der Waals surface area contributed by atoms with E-state index in [1.54, 1.807) is 26.2 Å². The molecule has 26 heavy (non-hydrogen) atoms. The summed E-state index contributed by atoms with van der Waals surface area (Å²) in [7, 11) is 1.06. The Bertz CT molecular complexity index is 746. The van der Waals surface area contributed by atoms with E-state index >= 15 is 0 Å². The number of amides is 2. The van der Waals surface area contributed by atoms with E-state index in [0.29, 0.717) is 25.1 Å². The van der Waals surface area contributed by atoms with Gasteiger partial charge in [-0.1, -0.05) is 0 Å². The molecule has 9 heteroatoms. The molecule has 1 saturated heterocycles. The molecule has 2 amide bonds. The molecular weight excluding hydrogens is 358 g/mol. The summed E-state index contributed by atoms with van der Waals surface area (Å²) in [5.41, 5.74) is 0. The number of piperidine rings is 1. The topological polar surface area (TPSA) is 96.0 Å². The summed E-state index contributed by atoms with van der Waals surface area (Å²) in [5, 5.41) is 2.59. The number of carbonyl (C=O) groups excluding carboxylic acids is 2. The lowest BCUT2D eigenvalue weighted by atomic mass is 9.99. The second-order valence-corrected chi connectivity index (χ2v) is 8.32. The predicted molar refractivity (Wildman–Crippen MR) is 96.2 cm³/mol. The maximum absolute atomic E-state index is 12.8. The fraction of sp³-hybridized carbons (Fsp3) is 0.529. The number of ether oxygens (including phenoxy) is 1. The molecule has 1 fully saturated rings. The van der Waals surface area contributed by atoms with Crippen LogP contribution < -0.4 is 10.1 Å². The van der Waals surface area contributed by atoms with Crippen LogP contribution in [-0.4, -0.2) is 70.3 Å². The average molecular weight is 383 g/mol. The van der Waals surface area contributed by atoms with Crippen molar-refractivity contribution in [1.82, 2.24) is 14.5 Å². The van der Waals surface area contributed by atoms with Gasteiger partial charge in [0.1, 0.15) is 5.75 Å². The number of nitrogens with zero attached hydrogens (tertiary/aromatic N) is 2. The van der Waals surface area contributed by atoms with E-state index < -0.39 is 15.9 Å². The summed E-state index contributed by atoms with van der Waals surface area (Å²) in [4.78, 5) is 25.4. The van der Waals surface area contributed by atoms with E-state index in [1.807, 2.05) is 0 Å². The Hall–Kier alpha value is -2.13. The van der Waals surface area contributed by atoms with Crippen LogP contribution in [0.15, 0.2) is 29.2 Å². The van der Waals surface area contributed by atoms with Crippen LogP contribution in [0.4, 0.5) is 0 Å². The van der Waals surface area contributed by atoms with Crippen LogP contribution in [0.1, 0.15) is 12.8 Å². The van der Waals surface area contributed by atoms with Crippen molar-refractivity contribution in [2.24, 2.45) is 5.92 Å². The van der Waals surface area contributed by atoms with Gasteiger partial charge in [0.2, 0.25) is 21.8 Å². The Balaban J connectivity index is 2.04. The highest BCUT2D eigenvalue weighted by atomic mass is 32.2. The highest BCUT2D eigenvalue weighted by molar-refractivity contribution is 7.89. The van der Waals surface area contributed by atoms with Gasteiger partial charge in [-0.15, -0.1) is 0 Å². The molecule has 0 saturated carbocycles. The first-order chi connectivity index (χ1) is 12.3. The first kappa shape index (κ1) is 20.2. The smallest absolute Gasteiger partial charge is 0.243 e. The van der Waals surface area contributed by atoms with Crippen LogP contribution in [0.5, 0.6) is 5.75 Å². The van der Waals surface area contributed by atoms with Gasteiger partial charge in [0.15, 0.2) is 0 Å². The molecule has 8 nitrogen and oxygen atoms in total. The Morgan fingerprint density at radius 2 is 1.92 bits per heavy atom. The Morgan fingerprint density at radius 3 is 2.50 bits per heavy atom. The number of benzene rings is 1. The van der Waals surface area contributed by atoms with Gasteiger partial charge in [0.25, 0.3) is 0 Å². The standard InChI is InChI=1S/C17H25N3O5S/c1-19(2)16(21)11-18-17(22)13-5-4-10-20(12-13)26(23,24)15-8-6-14(25-3)7-9-15/h6-9,13H,4-5,10-12H2,1-3H3,(H,18,22)/t13-/m0/s1. The minimum absolute atomic E-state index is 0.0897. The number of methoxy groups -OCH3 is 1. The third-order valence-corrected chi connectivity index (χ3v) is 6.24. The molecule has 0 aromatic heterocycles. The minimum Gasteiger partial charge on any atom is -0.497 e. The van der Waals surface area contributed by atoms with Crippen molar-refractivity contribution >= 4 is 21.8 Å². The van der Waals surface area contributed by atoms with E-state index in [4.69, 9.17) is 4.74 Å². The third-order valence-electron chi connectivity index (χ3n) is 4.36. The zero-order valence-electron chi connectivity index (χ0n) is 15.3. The fourth-order valence-electron chi connectivity index (χ4n) is 2.74. The van der Waals surface area contributed by atoms with E-state index in [2.05, 4.69) is 5.32 Å². The van der Waals surface area contributed by atoms with Gasteiger partial charge in [-0.2, -0.15) is 4.31 Å². The normalized spacial score (nSPS) is 18.2. The predicted octanol–water partition coefficient (Wildman–Crippen LogP) is 0.300. The first-order valence-electron chi connectivity index (χ1n) is 8.37. The largest absolute Gasteiger partial charge is 0.497 e. The van der Waals surface area contributed by atoms with Crippen molar-refractivity contribution in [1.29, 1.82) is 0 Å². The highest BCUT2D eigenvalue weighted by Gasteiger charge is 2.33. The molecule has 1 aromatic rings. The summed E-state index contributed by atoms with van der Waals surface area (Å²) in [5.74, 6) is -0.399. The quantitative estimate of drug-likeness (QED) is 0.762. The molecule has 1 aromatic carbocycles. The van der Waals surface area contributed by atoms with Crippen molar-refractivity contribution in [2.45, 2.75) is 17.7 Å². The fourth-order valence-corrected chi connectivity index (χ4v) is 4.26. The van der Waals surface area contributed by atoms with Crippen LogP contribution in [-0.2, 0) is 19.6 Å². The third kappa shape index (κ3) is 4.73. The van der Waals surface area contributed by atoms with Gasteiger partial charge < -0.3 is 15.0 Å². The summed E-state index contributed by atoms with van der Waals surface area (Å²) >= 11 is 0. The van der Waals surface area contributed by atoms with Crippen molar-refractivity contribution in [3.05, 3.63) is 24.3 Å². The molecule has 0 unspecified atom stereocenters. The molecule has 1 aliphatic rings. The number of hydrogen-bond acceptors (Lipinski definition) is 5. The molecule has 0 spiro atoms. The van der Waals surface area contributed by atoms with Crippen LogP contribution in [0.3, 0.4) is 0 Å². The minimum atomic E-state index is -3.68. The second-order valence-electron chi connectivity index (χ2n) is 6.38. The molecule has 1 N–H and O–H groups in total. The summed E-state index contributed by atoms with van der Waals surface area (Å²) in [6.45, 7) is 0.388. The highest BCUT2D eigenvalue weighted by Crippen LogP contribution is 2.25. The Labute approximate surface area is 154 Å². The van der Waals surface area contributed by atoms with Gasteiger partial charge in [0, 0.05) is 27.2 Å². The SMILES string of the molecule is COc1ccc(S(=O)(=O)N2CCC[C@H](C(=O)NCC(=O)N(C)C)C2)cc1. The number of rotatable bonds is 6. The van der Waals surface area contributed by atoms with Gasteiger partial charge >= 0.3 is 0 Å². The lowest BCUT2D eigenvalue weighted by Crippen LogP contribution is -2.47. The van der Waals surface area contributed by atoms with E-state index in [-0.39, 0.29) is 29.8 Å². The van der Waals surface area contributed by atoms with E-state index in [0.717, 1.165) is 0 Å². The Kier molecular flexibility index (Phi) is 6.60. The van der Waals surface area contributed by atoms with Gasteiger partial charge in [-0.25, -0.2) is 8.42 Å². The zero-order valence-corrected chi connectivity index (χ0v) is 16.1. The number of hydrogen-bond donors (Lipinski definition) is 1. The average Bonchev–Trinajstić information content (AvgIpc) is 2.65. The molecule has 2 rings (SSSR count). The number of carbonyl (C=O) groups is 2. The van der Waals surface area contributed by atoms with Crippen molar-refractivity contribution in [3.8, 4) is 5.75 Å². The maximum Gasteiger partial charge on any atom is 0.243 e. The van der Waals surface area contributed by atoms with E-state index in [1.165, 1.54) is 28.4 Å². The molecule has 1 aliphatic heterocycles. The van der Waals surface area contributed by atoms with Crippen molar-refractivity contribution in [2.75, 3.05) is 40.8 Å². The van der Waals surface area contributed by atoms with Crippen LogP contribution in [0.25, 0.3) is 0 Å². The van der Waals surface area contributed by atoms with Crippen LogP contribution >= 0.6 is 0 Å². The summed E-state index contributed by atoms with van der Waals surface area (Å²) in [6, 6.07) is 6.17. The molecule has 1 heterocycles. The molecule has 0 aliphatic carbocycles. The summed E-state index contributed by atoms with van der Waals surface area (Å²) < 4.78 is 32.0. The number of nitrogens with one attached hydrogen (secondary N) is 1. The summed E-state index contributed by atoms with van der Waals surface area (Å²) in [6.07, 6.45) is 1.19. The first-order valence-corrected chi connectivity index (χ1v) is 9.81. The zero-order chi connectivity index (χ0) is 19.3. The lowest BCUT2D eigenvalue weighted by Gasteiger charge is -2.31. The van der Waals surface area contributed by atoms with Crippen molar-refractivity contribution < 1.29 is 22.7 Å². The van der Waals surface area contributed by atoms with Gasteiger partial charge in [0.05, 0.1) is 24.5 Å².